The van der Waals surface area contributed by atoms with Crippen LogP contribution in [0, 0.1) is 11.3 Å². The number of morpholine rings is 1. The first kappa shape index (κ1) is 21.9. The molecule has 1 amide bonds. The summed E-state index contributed by atoms with van der Waals surface area (Å²) in [5.41, 5.74) is 8.93. The zero-order valence-corrected chi connectivity index (χ0v) is 19.4. The number of nitrogens with zero attached hydrogens (tertiary/aromatic N) is 4. The summed E-state index contributed by atoms with van der Waals surface area (Å²) in [5, 5.41) is 17.3. The van der Waals surface area contributed by atoms with Crippen molar-refractivity contribution in [1.82, 2.24) is 20.1 Å². The first-order chi connectivity index (χ1) is 16.6. The summed E-state index contributed by atoms with van der Waals surface area (Å²) in [6.45, 7) is 1.79. The fourth-order valence-electron chi connectivity index (χ4n) is 4.04. The molecule has 4 heterocycles. The van der Waals surface area contributed by atoms with Crippen LogP contribution in [0.4, 0.5) is 4.79 Å². The highest BCUT2D eigenvalue weighted by molar-refractivity contribution is 9.10. The SMILES string of the molecule is N#CC1=C(N)Oc2n[nH]c(-c3ccncc3)c2[C@H]1c1cc(Br)ccc1OC(=O)N1CCOCC1. The number of rotatable bonds is 3. The van der Waals surface area contributed by atoms with Crippen LogP contribution in [-0.2, 0) is 4.74 Å². The fraction of sp³-hybridized carbons (Fsp3) is 0.217. The first-order valence-corrected chi connectivity index (χ1v) is 11.3. The van der Waals surface area contributed by atoms with E-state index in [4.69, 9.17) is 19.9 Å². The van der Waals surface area contributed by atoms with Crippen LogP contribution in [0.25, 0.3) is 11.3 Å². The molecule has 11 heteroatoms. The number of hydrogen-bond acceptors (Lipinski definition) is 8. The van der Waals surface area contributed by atoms with Crippen LogP contribution < -0.4 is 15.2 Å². The number of nitrogens with one attached hydrogen (secondary N) is 1. The molecule has 0 radical (unpaired) electrons. The van der Waals surface area contributed by atoms with Gasteiger partial charge in [-0.2, -0.15) is 5.26 Å². The third-order valence-corrected chi connectivity index (χ3v) is 6.15. The fourth-order valence-corrected chi connectivity index (χ4v) is 4.42. The third kappa shape index (κ3) is 3.98. The van der Waals surface area contributed by atoms with Gasteiger partial charge in [0, 0.05) is 41.1 Å². The lowest BCUT2D eigenvalue weighted by molar-refractivity contribution is 0.0415. The first-order valence-electron chi connectivity index (χ1n) is 10.5. The van der Waals surface area contributed by atoms with Gasteiger partial charge in [-0.25, -0.2) is 4.79 Å². The number of ether oxygens (including phenoxy) is 3. The molecule has 0 spiro atoms. The van der Waals surface area contributed by atoms with E-state index in [2.05, 4.69) is 37.2 Å². The summed E-state index contributed by atoms with van der Waals surface area (Å²) < 4.78 is 17.5. The molecule has 2 aliphatic rings. The van der Waals surface area contributed by atoms with Gasteiger partial charge in [-0.1, -0.05) is 15.9 Å². The third-order valence-electron chi connectivity index (χ3n) is 5.66. The van der Waals surface area contributed by atoms with Gasteiger partial charge in [-0.05, 0) is 30.3 Å². The van der Waals surface area contributed by atoms with Crippen molar-refractivity contribution >= 4 is 22.0 Å². The Morgan fingerprint density at radius 3 is 2.76 bits per heavy atom. The van der Waals surface area contributed by atoms with Crippen LogP contribution in [0.15, 0.2) is 58.7 Å². The molecular weight excluding hydrogens is 504 g/mol. The number of carbonyl (C=O) groups excluding carboxylic acids is 1. The van der Waals surface area contributed by atoms with Gasteiger partial charge in [-0.15, -0.1) is 5.10 Å². The predicted molar refractivity (Wildman–Crippen MR) is 124 cm³/mol. The summed E-state index contributed by atoms with van der Waals surface area (Å²) in [5.74, 6) is -0.197. The number of fused-ring (bicyclic) bond motifs is 1. The molecule has 2 aromatic heterocycles. The lowest BCUT2D eigenvalue weighted by Gasteiger charge is -2.28. The summed E-state index contributed by atoms with van der Waals surface area (Å²) in [7, 11) is 0. The average molecular weight is 523 g/mol. The second-order valence-electron chi connectivity index (χ2n) is 7.63. The normalized spacial score (nSPS) is 17.5. The molecule has 0 unspecified atom stereocenters. The topological polar surface area (TPSA) is 139 Å². The van der Waals surface area contributed by atoms with E-state index in [-0.39, 0.29) is 17.3 Å². The Morgan fingerprint density at radius 2 is 2.03 bits per heavy atom. The van der Waals surface area contributed by atoms with Crippen molar-refractivity contribution in [2.24, 2.45) is 5.73 Å². The molecule has 34 heavy (non-hydrogen) atoms. The molecule has 10 nitrogen and oxygen atoms in total. The van der Waals surface area contributed by atoms with Crippen molar-refractivity contribution in [1.29, 1.82) is 5.26 Å². The van der Waals surface area contributed by atoms with E-state index in [1.807, 2.05) is 12.1 Å². The lowest BCUT2D eigenvalue weighted by Crippen LogP contribution is -2.42. The highest BCUT2D eigenvalue weighted by Crippen LogP contribution is 2.48. The molecule has 0 aliphatic carbocycles. The molecule has 3 N–H and O–H groups in total. The smallest absolute Gasteiger partial charge is 0.415 e. The van der Waals surface area contributed by atoms with Gasteiger partial charge in [-0.3, -0.25) is 10.1 Å². The number of nitriles is 1. The maximum atomic E-state index is 12.9. The molecule has 1 saturated heterocycles. The Balaban J connectivity index is 1.63. The van der Waals surface area contributed by atoms with Crippen molar-refractivity contribution in [3.63, 3.8) is 0 Å². The average Bonchev–Trinajstić information content (AvgIpc) is 3.28. The van der Waals surface area contributed by atoms with Crippen molar-refractivity contribution < 1.29 is 19.0 Å². The van der Waals surface area contributed by atoms with Crippen LogP contribution in [0.3, 0.4) is 0 Å². The minimum Gasteiger partial charge on any atom is -0.420 e. The second kappa shape index (κ2) is 9.17. The number of aromatic nitrogens is 3. The molecule has 1 atom stereocenters. The number of aromatic amines is 1. The largest absolute Gasteiger partial charge is 0.420 e. The highest BCUT2D eigenvalue weighted by atomic mass is 79.9. The quantitative estimate of drug-likeness (QED) is 0.533. The lowest BCUT2D eigenvalue weighted by atomic mass is 9.82. The van der Waals surface area contributed by atoms with Crippen LogP contribution in [0.1, 0.15) is 17.0 Å². The number of H-pyrrole nitrogens is 1. The van der Waals surface area contributed by atoms with Gasteiger partial charge in [0.1, 0.15) is 17.4 Å². The molecule has 1 fully saturated rings. The zero-order chi connectivity index (χ0) is 23.7. The molecule has 2 aliphatic heterocycles. The molecule has 5 rings (SSSR count). The van der Waals surface area contributed by atoms with Crippen LogP contribution in [0.2, 0.25) is 0 Å². The van der Waals surface area contributed by atoms with Crippen LogP contribution >= 0.6 is 15.9 Å². The van der Waals surface area contributed by atoms with Crippen molar-refractivity contribution in [3.05, 3.63) is 69.8 Å². The summed E-state index contributed by atoms with van der Waals surface area (Å²) in [4.78, 5) is 18.5. The van der Waals surface area contributed by atoms with Gasteiger partial charge >= 0.3 is 6.09 Å². The number of benzene rings is 1. The van der Waals surface area contributed by atoms with Crippen LogP contribution in [-0.4, -0.2) is 52.5 Å². The Kier molecular flexibility index (Phi) is 5.91. The van der Waals surface area contributed by atoms with Crippen molar-refractivity contribution in [2.75, 3.05) is 26.3 Å². The minimum atomic E-state index is -0.694. The number of pyridine rings is 1. The second-order valence-corrected chi connectivity index (χ2v) is 8.54. The number of halogens is 1. The Hall–Kier alpha value is -3.88. The monoisotopic (exact) mass is 522 g/mol. The molecule has 3 aromatic rings. The minimum absolute atomic E-state index is 0.0572. The number of hydrogen-bond donors (Lipinski definition) is 2. The van der Waals surface area contributed by atoms with Crippen LogP contribution in [0.5, 0.6) is 11.6 Å². The predicted octanol–water partition coefficient (Wildman–Crippen LogP) is 3.28. The van der Waals surface area contributed by atoms with Gasteiger partial charge in [0.25, 0.3) is 0 Å². The van der Waals surface area contributed by atoms with E-state index in [1.54, 1.807) is 35.5 Å². The Morgan fingerprint density at radius 1 is 1.26 bits per heavy atom. The van der Waals surface area contributed by atoms with Gasteiger partial charge in [0.15, 0.2) is 0 Å². The molecule has 172 valence electrons. The number of amides is 1. The molecule has 1 aromatic carbocycles. The zero-order valence-electron chi connectivity index (χ0n) is 17.8. The van der Waals surface area contributed by atoms with E-state index < -0.39 is 12.0 Å². The number of nitrogens with two attached hydrogens (primary N) is 1. The Bertz CT molecular complexity index is 1310. The van der Waals surface area contributed by atoms with E-state index in [0.29, 0.717) is 48.9 Å². The van der Waals surface area contributed by atoms with E-state index in [9.17, 15) is 10.1 Å². The molecular formula is C23H19BrN6O4. The summed E-state index contributed by atoms with van der Waals surface area (Å²) in [6.07, 6.45) is 2.83. The maximum Gasteiger partial charge on any atom is 0.415 e. The summed E-state index contributed by atoms with van der Waals surface area (Å²) in [6, 6.07) is 11.1. The number of carbonyl (C=O) groups is 1. The number of allylic oxidation sites excluding steroid dienone is 1. The van der Waals surface area contributed by atoms with Gasteiger partial charge in [0.2, 0.25) is 11.8 Å². The molecule has 0 saturated carbocycles. The van der Waals surface area contributed by atoms with E-state index in [1.165, 1.54) is 0 Å². The van der Waals surface area contributed by atoms with Gasteiger partial charge < -0.3 is 24.8 Å². The van der Waals surface area contributed by atoms with E-state index in [0.717, 1.165) is 10.0 Å². The van der Waals surface area contributed by atoms with Gasteiger partial charge in [0.05, 0.1) is 30.4 Å². The maximum absolute atomic E-state index is 12.9. The van der Waals surface area contributed by atoms with Crippen molar-refractivity contribution in [3.8, 4) is 29.0 Å². The molecule has 0 bridgehead atoms. The highest BCUT2D eigenvalue weighted by Gasteiger charge is 2.37. The van der Waals surface area contributed by atoms with E-state index >= 15 is 0 Å². The standard InChI is InChI=1S/C23H19BrN6O4/c24-14-1-2-17(33-23(31)30-7-9-32-10-8-30)15(11-14)18-16(12-25)21(26)34-22-19(18)20(28-29-22)13-3-5-27-6-4-13/h1-6,11,18H,7-10,26H2,(H,28,29)/t18-/m0/s1. The summed E-state index contributed by atoms with van der Waals surface area (Å²) >= 11 is 3.50. The Labute approximate surface area is 203 Å². The van der Waals surface area contributed by atoms with Crippen molar-refractivity contribution in [2.45, 2.75) is 5.92 Å².